The second-order valence-electron chi connectivity index (χ2n) is 5.04. The van der Waals surface area contributed by atoms with Crippen molar-refractivity contribution in [2.24, 2.45) is 0 Å². The quantitative estimate of drug-likeness (QED) is 0.899. The molecule has 5 heteroatoms. The fourth-order valence-electron chi connectivity index (χ4n) is 1.89. The third-order valence-corrected chi connectivity index (χ3v) is 4.27. The number of aryl methyl sites for hydroxylation is 1. The van der Waals surface area contributed by atoms with Crippen LogP contribution in [0.5, 0.6) is 0 Å². The molecule has 0 spiro atoms. The average molecular weight is 361 g/mol. The first-order chi connectivity index (χ1) is 10.4. The summed E-state index contributed by atoms with van der Waals surface area (Å²) < 4.78 is 0.901. The average Bonchev–Trinajstić information content (AvgIpc) is 2.50. The molecule has 0 saturated carbocycles. The SMILES string of the molecule is CC(=O)N(C)c1ccc(NC(=O)c2ccc(C)c(Br)c2)cc1. The number of halogens is 1. The van der Waals surface area contributed by atoms with Gasteiger partial charge in [0.1, 0.15) is 0 Å². The van der Waals surface area contributed by atoms with E-state index in [1.165, 1.54) is 6.92 Å². The van der Waals surface area contributed by atoms with E-state index in [0.29, 0.717) is 11.3 Å². The molecule has 0 aliphatic heterocycles. The lowest BCUT2D eigenvalue weighted by Gasteiger charge is -2.15. The highest BCUT2D eigenvalue weighted by molar-refractivity contribution is 9.10. The summed E-state index contributed by atoms with van der Waals surface area (Å²) in [4.78, 5) is 25.1. The molecule has 1 N–H and O–H groups in total. The van der Waals surface area contributed by atoms with E-state index in [1.54, 1.807) is 48.3 Å². The molecule has 4 nitrogen and oxygen atoms in total. The molecule has 0 fully saturated rings. The zero-order valence-electron chi connectivity index (χ0n) is 12.7. The number of nitrogens with one attached hydrogen (secondary N) is 1. The van der Waals surface area contributed by atoms with Gasteiger partial charge in [0.05, 0.1) is 0 Å². The second-order valence-corrected chi connectivity index (χ2v) is 5.90. The lowest BCUT2D eigenvalue weighted by molar-refractivity contribution is -0.116. The molecule has 0 saturated heterocycles. The van der Waals surface area contributed by atoms with Crippen LogP contribution >= 0.6 is 15.9 Å². The van der Waals surface area contributed by atoms with Gasteiger partial charge in [-0.2, -0.15) is 0 Å². The molecule has 0 heterocycles. The number of benzene rings is 2. The van der Waals surface area contributed by atoms with Crippen molar-refractivity contribution in [3.8, 4) is 0 Å². The van der Waals surface area contributed by atoms with Crippen molar-refractivity contribution in [3.05, 3.63) is 58.1 Å². The van der Waals surface area contributed by atoms with Crippen molar-refractivity contribution < 1.29 is 9.59 Å². The Labute approximate surface area is 138 Å². The van der Waals surface area contributed by atoms with Gasteiger partial charge in [-0.15, -0.1) is 0 Å². The van der Waals surface area contributed by atoms with Crippen LogP contribution in [0.25, 0.3) is 0 Å². The summed E-state index contributed by atoms with van der Waals surface area (Å²) in [7, 11) is 1.71. The van der Waals surface area contributed by atoms with Crippen LogP contribution in [-0.4, -0.2) is 18.9 Å². The summed E-state index contributed by atoms with van der Waals surface area (Å²) in [6, 6.07) is 12.6. The number of hydrogen-bond acceptors (Lipinski definition) is 2. The van der Waals surface area contributed by atoms with Crippen molar-refractivity contribution >= 4 is 39.1 Å². The van der Waals surface area contributed by atoms with Crippen molar-refractivity contribution in [2.45, 2.75) is 13.8 Å². The van der Waals surface area contributed by atoms with E-state index in [-0.39, 0.29) is 11.8 Å². The monoisotopic (exact) mass is 360 g/mol. The van der Waals surface area contributed by atoms with Crippen LogP contribution in [0.4, 0.5) is 11.4 Å². The largest absolute Gasteiger partial charge is 0.322 e. The van der Waals surface area contributed by atoms with E-state index in [2.05, 4.69) is 21.2 Å². The maximum Gasteiger partial charge on any atom is 0.255 e. The minimum absolute atomic E-state index is 0.0405. The molecule has 22 heavy (non-hydrogen) atoms. The Morgan fingerprint density at radius 1 is 1.09 bits per heavy atom. The Balaban J connectivity index is 2.11. The van der Waals surface area contributed by atoms with Gasteiger partial charge in [-0.3, -0.25) is 9.59 Å². The van der Waals surface area contributed by atoms with Crippen LogP contribution < -0.4 is 10.2 Å². The molecule has 0 atom stereocenters. The van der Waals surface area contributed by atoms with E-state index in [0.717, 1.165) is 15.7 Å². The Morgan fingerprint density at radius 2 is 1.73 bits per heavy atom. The van der Waals surface area contributed by atoms with Gasteiger partial charge >= 0.3 is 0 Å². The van der Waals surface area contributed by atoms with Gasteiger partial charge in [0.25, 0.3) is 5.91 Å². The zero-order valence-corrected chi connectivity index (χ0v) is 14.3. The van der Waals surface area contributed by atoms with Gasteiger partial charge in [0.2, 0.25) is 5.91 Å². The van der Waals surface area contributed by atoms with E-state index in [9.17, 15) is 9.59 Å². The Bertz CT molecular complexity index is 711. The molecule has 114 valence electrons. The first-order valence-corrected chi connectivity index (χ1v) is 7.59. The summed E-state index contributed by atoms with van der Waals surface area (Å²) in [6.07, 6.45) is 0. The van der Waals surface area contributed by atoms with Crippen LogP contribution in [0, 0.1) is 6.92 Å². The van der Waals surface area contributed by atoms with E-state index in [1.807, 2.05) is 13.0 Å². The molecular weight excluding hydrogens is 344 g/mol. The number of carbonyl (C=O) groups excluding carboxylic acids is 2. The topological polar surface area (TPSA) is 49.4 Å². The van der Waals surface area contributed by atoms with E-state index < -0.39 is 0 Å². The van der Waals surface area contributed by atoms with Crippen LogP contribution in [0.3, 0.4) is 0 Å². The number of nitrogens with zero attached hydrogens (tertiary/aromatic N) is 1. The summed E-state index contributed by atoms with van der Waals surface area (Å²) >= 11 is 3.42. The number of hydrogen-bond donors (Lipinski definition) is 1. The summed E-state index contributed by atoms with van der Waals surface area (Å²) in [5, 5.41) is 2.84. The first-order valence-electron chi connectivity index (χ1n) is 6.80. The zero-order chi connectivity index (χ0) is 16.3. The van der Waals surface area contributed by atoms with Crippen molar-refractivity contribution in [1.29, 1.82) is 0 Å². The Hall–Kier alpha value is -2.14. The molecule has 0 aliphatic rings. The predicted octanol–water partition coefficient (Wildman–Crippen LogP) is 3.99. The van der Waals surface area contributed by atoms with Crippen LogP contribution in [0.2, 0.25) is 0 Å². The molecule has 2 rings (SSSR count). The molecular formula is C17H17BrN2O2. The Morgan fingerprint density at radius 3 is 2.27 bits per heavy atom. The first kappa shape index (κ1) is 16.2. The third kappa shape index (κ3) is 3.74. The predicted molar refractivity (Wildman–Crippen MR) is 92.4 cm³/mol. The van der Waals surface area contributed by atoms with Gasteiger partial charge < -0.3 is 10.2 Å². The Kier molecular flexibility index (Phi) is 4.98. The molecule has 0 aromatic heterocycles. The maximum atomic E-state index is 12.2. The van der Waals surface area contributed by atoms with Gasteiger partial charge in [-0.05, 0) is 48.9 Å². The summed E-state index contributed by atoms with van der Waals surface area (Å²) in [5.41, 5.74) is 3.13. The molecule has 2 aromatic carbocycles. The van der Waals surface area contributed by atoms with Gasteiger partial charge in [0, 0.05) is 35.4 Å². The number of carbonyl (C=O) groups is 2. The molecule has 0 unspecified atom stereocenters. The fraction of sp³-hybridized carbons (Fsp3) is 0.176. The van der Waals surface area contributed by atoms with E-state index >= 15 is 0 Å². The molecule has 0 bridgehead atoms. The molecule has 0 radical (unpaired) electrons. The summed E-state index contributed by atoms with van der Waals surface area (Å²) in [6.45, 7) is 3.47. The van der Waals surface area contributed by atoms with Crippen LogP contribution in [-0.2, 0) is 4.79 Å². The summed E-state index contributed by atoms with van der Waals surface area (Å²) in [5.74, 6) is -0.213. The van der Waals surface area contributed by atoms with Gasteiger partial charge in [-0.1, -0.05) is 22.0 Å². The minimum Gasteiger partial charge on any atom is -0.322 e. The van der Waals surface area contributed by atoms with Crippen molar-refractivity contribution in [1.82, 2.24) is 0 Å². The smallest absolute Gasteiger partial charge is 0.255 e. The van der Waals surface area contributed by atoms with Crippen molar-refractivity contribution in [3.63, 3.8) is 0 Å². The normalized spacial score (nSPS) is 10.2. The number of amides is 2. The van der Waals surface area contributed by atoms with Crippen LogP contribution in [0.1, 0.15) is 22.8 Å². The minimum atomic E-state index is -0.173. The molecule has 2 amide bonds. The fourth-order valence-corrected chi connectivity index (χ4v) is 2.27. The molecule has 0 aliphatic carbocycles. The highest BCUT2D eigenvalue weighted by Gasteiger charge is 2.09. The standard InChI is InChI=1S/C17H17BrN2O2/c1-11-4-5-13(10-16(11)18)17(22)19-14-6-8-15(9-7-14)20(3)12(2)21/h4-10H,1-3H3,(H,19,22). The van der Waals surface area contributed by atoms with E-state index in [4.69, 9.17) is 0 Å². The highest BCUT2D eigenvalue weighted by atomic mass is 79.9. The van der Waals surface area contributed by atoms with Crippen LogP contribution in [0.15, 0.2) is 46.9 Å². The lowest BCUT2D eigenvalue weighted by atomic mass is 10.1. The molecule has 2 aromatic rings. The highest BCUT2D eigenvalue weighted by Crippen LogP contribution is 2.20. The van der Waals surface area contributed by atoms with Gasteiger partial charge in [0.15, 0.2) is 0 Å². The van der Waals surface area contributed by atoms with Gasteiger partial charge in [-0.25, -0.2) is 0 Å². The number of anilines is 2. The third-order valence-electron chi connectivity index (χ3n) is 3.42. The van der Waals surface area contributed by atoms with Crippen molar-refractivity contribution in [2.75, 3.05) is 17.3 Å². The number of rotatable bonds is 3. The lowest BCUT2D eigenvalue weighted by Crippen LogP contribution is -2.22. The maximum absolute atomic E-state index is 12.2. The second kappa shape index (κ2) is 6.75.